The molecule has 1 N–H and O–H groups in total. The second-order valence-electron chi connectivity index (χ2n) is 6.14. The first-order valence-electron chi connectivity index (χ1n) is 8.33. The van der Waals surface area contributed by atoms with E-state index < -0.39 is 0 Å². The molecular formula is C19H24N3O2+. The van der Waals surface area contributed by atoms with E-state index in [2.05, 4.69) is 22.0 Å². The summed E-state index contributed by atoms with van der Waals surface area (Å²) in [4.78, 5) is 19.6. The Balaban J connectivity index is 1.52. The zero-order valence-corrected chi connectivity index (χ0v) is 14.3. The van der Waals surface area contributed by atoms with Crippen LogP contribution >= 0.6 is 0 Å². The van der Waals surface area contributed by atoms with Gasteiger partial charge in [-0.15, -0.1) is 0 Å². The quantitative estimate of drug-likeness (QED) is 0.861. The Labute approximate surface area is 142 Å². The number of carbonyl (C=O) groups is 1. The standard InChI is InChI=1S/C19H23N3O2/c1-15-4-3-5-16(2)19(15)24-14-18(23)22-12-10-21(11-13-22)17-6-8-20-9-7-17/h3-9H,10-14H2,1-2H3/p+1. The summed E-state index contributed by atoms with van der Waals surface area (Å²) in [5, 5.41) is 0. The number of pyridine rings is 1. The molecule has 3 rings (SSSR count). The zero-order chi connectivity index (χ0) is 16.9. The first-order chi connectivity index (χ1) is 11.6. The summed E-state index contributed by atoms with van der Waals surface area (Å²) >= 11 is 0. The molecule has 0 spiro atoms. The fourth-order valence-corrected chi connectivity index (χ4v) is 3.05. The molecule has 24 heavy (non-hydrogen) atoms. The first kappa shape index (κ1) is 16.3. The van der Waals surface area contributed by atoms with E-state index in [1.54, 1.807) is 0 Å². The van der Waals surface area contributed by atoms with Crippen LogP contribution in [0.1, 0.15) is 11.1 Å². The molecule has 0 bridgehead atoms. The van der Waals surface area contributed by atoms with Gasteiger partial charge in [0, 0.05) is 44.0 Å². The van der Waals surface area contributed by atoms with Crippen molar-refractivity contribution in [2.75, 3.05) is 37.7 Å². The maximum atomic E-state index is 12.4. The molecule has 0 aliphatic carbocycles. The monoisotopic (exact) mass is 326 g/mol. The molecule has 1 aliphatic rings. The van der Waals surface area contributed by atoms with Crippen molar-refractivity contribution in [3.05, 3.63) is 53.9 Å². The van der Waals surface area contributed by atoms with E-state index >= 15 is 0 Å². The SMILES string of the molecule is Cc1cccc(C)c1OCC(=O)N1CCN(c2cc[nH+]cc2)CC1. The van der Waals surface area contributed by atoms with Crippen molar-refractivity contribution in [2.45, 2.75) is 13.8 Å². The number of aryl methyl sites for hydroxylation is 2. The number of para-hydroxylation sites is 1. The van der Waals surface area contributed by atoms with E-state index in [0.29, 0.717) is 0 Å². The minimum atomic E-state index is 0.0544. The maximum absolute atomic E-state index is 12.4. The number of anilines is 1. The van der Waals surface area contributed by atoms with Crippen LogP contribution in [0, 0.1) is 13.8 Å². The van der Waals surface area contributed by atoms with Gasteiger partial charge in [-0.1, -0.05) is 18.2 Å². The molecule has 1 amide bonds. The van der Waals surface area contributed by atoms with Crippen LogP contribution in [0.5, 0.6) is 5.75 Å². The van der Waals surface area contributed by atoms with Crippen molar-refractivity contribution in [2.24, 2.45) is 0 Å². The van der Waals surface area contributed by atoms with Crippen LogP contribution in [0.2, 0.25) is 0 Å². The first-order valence-corrected chi connectivity index (χ1v) is 8.33. The van der Waals surface area contributed by atoms with Crippen LogP contribution in [-0.2, 0) is 4.79 Å². The number of nitrogens with zero attached hydrogens (tertiary/aromatic N) is 2. The number of hydrogen-bond donors (Lipinski definition) is 0. The molecule has 1 fully saturated rings. The number of hydrogen-bond acceptors (Lipinski definition) is 3. The third-order valence-electron chi connectivity index (χ3n) is 4.45. The van der Waals surface area contributed by atoms with Crippen molar-refractivity contribution < 1.29 is 14.5 Å². The van der Waals surface area contributed by atoms with Crippen molar-refractivity contribution in [3.8, 4) is 5.75 Å². The second-order valence-corrected chi connectivity index (χ2v) is 6.14. The summed E-state index contributed by atoms with van der Waals surface area (Å²) in [5.41, 5.74) is 3.31. The van der Waals surface area contributed by atoms with Gasteiger partial charge in [0.25, 0.3) is 5.91 Å². The minimum Gasteiger partial charge on any atom is -0.483 e. The van der Waals surface area contributed by atoms with Crippen molar-refractivity contribution in [3.63, 3.8) is 0 Å². The predicted octanol–water partition coefficient (Wildman–Crippen LogP) is 1.85. The largest absolute Gasteiger partial charge is 0.483 e. The van der Waals surface area contributed by atoms with Gasteiger partial charge in [-0.25, -0.2) is 4.98 Å². The smallest absolute Gasteiger partial charge is 0.260 e. The Kier molecular flexibility index (Phi) is 4.99. The number of aromatic nitrogens is 1. The molecule has 2 aromatic rings. The molecule has 5 heteroatoms. The molecule has 1 saturated heterocycles. The van der Waals surface area contributed by atoms with Crippen molar-refractivity contribution >= 4 is 11.6 Å². The molecule has 1 aromatic heterocycles. The summed E-state index contributed by atoms with van der Waals surface area (Å²) in [6.07, 6.45) is 3.84. The van der Waals surface area contributed by atoms with Gasteiger partial charge in [0.2, 0.25) is 0 Å². The number of benzene rings is 1. The van der Waals surface area contributed by atoms with E-state index in [1.165, 1.54) is 5.69 Å². The number of ether oxygens (including phenoxy) is 1. The molecule has 1 aromatic carbocycles. The fraction of sp³-hybridized carbons (Fsp3) is 0.368. The summed E-state index contributed by atoms with van der Waals surface area (Å²) < 4.78 is 5.79. The number of nitrogens with one attached hydrogen (secondary N) is 1. The highest BCUT2D eigenvalue weighted by molar-refractivity contribution is 5.78. The van der Waals surface area contributed by atoms with Crippen LogP contribution in [-0.4, -0.2) is 43.6 Å². The second kappa shape index (κ2) is 7.34. The number of rotatable bonds is 4. The van der Waals surface area contributed by atoms with Crippen LogP contribution in [0.3, 0.4) is 0 Å². The number of carbonyl (C=O) groups excluding carboxylic acids is 1. The van der Waals surface area contributed by atoms with Gasteiger partial charge >= 0.3 is 0 Å². The predicted molar refractivity (Wildman–Crippen MR) is 93.2 cm³/mol. The molecule has 126 valence electrons. The van der Waals surface area contributed by atoms with Gasteiger partial charge in [-0.3, -0.25) is 4.79 Å². The number of H-pyrrole nitrogens is 1. The Hall–Kier alpha value is -2.56. The van der Waals surface area contributed by atoms with Gasteiger partial charge in [-0.2, -0.15) is 0 Å². The highest BCUT2D eigenvalue weighted by Gasteiger charge is 2.22. The number of aromatic amines is 1. The molecule has 2 heterocycles. The van der Waals surface area contributed by atoms with Gasteiger partial charge in [0.15, 0.2) is 19.0 Å². The summed E-state index contributed by atoms with van der Waals surface area (Å²) in [6.45, 7) is 7.26. The highest BCUT2D eigenvalue weighted by atomic mass is 16.5. The maximum Gasteiger partial charge on any atom is 0.260 e. The van der Waals surface area contributed by atoms with Gasteiger partial charge in [0.1, 0.15) is 5.75 Å². The zero-order valence-electron chi connectivity index (χ0n) is 14.3. The third kappa shape index (κ3) is 3.67. The average molecular weight is 326 g/mol. The Morgan fingerprint density at radius 1 is 1.04 bits per heavy atom. The third-order valence-corrected chi connectivity index (χ3v) is 4.45. The lowest BCUT2D eigenvalue weighted by Gasteiger charge is -2.35. The molecule has 0 atom stereocenters. The van der Waals surface area contributed by atoms with E-state index in [0.717, 1.165) is 43.1 Å². The Morgan fingerprint density at radius 3 is 2.29 bits per heavy atom. The molecule has 0 radical (unpaired) electrons. The lowest BCUT2D eigenvalue weighted by Crippen LogP contribution is -2.50. The lowest BCUT2D eigenvalue weighted by atomic mass is 10.1. The van der Waals surface area contributed by atoms with Crippen LogP contribution in [0.25, 0.3) is 0 Å². The number of piperazine rings is 1. The molecular weight excluding hydrogens is 302 g/mol. The van der Waals surface area contributed by atoms with Crippen molar-refractivity contribution in [1.82, 2.24) is 4.90 Å². The van der Waals surface area contributed by atoms with Gasteiger partial charge in [0.05, 0.1) is 0 Å². The van der Waals surface area contributed by atoms with Crippen LogP contribution in [0.15, 0.2) is 42.7 Å². The minimum absolute atomic E-state index is 0.0544. The van der Waals surface area contributed by atoms with Crippen LogP contribution < -0.4 is 14.6 Å². The van der Waals surface area contributed by atoms with E-state index in [4.69, 9.17) is 4.74 Å². The summed E-state index contributed by atoms with van der Waals surface area (Å²) in [7, 11) is 0. The molecule has 1 aliphatic heterocycles. The molecule has 0 unspecified atom stereocenters. The highest BCUT2D eigenvalue weighted by Crippen LogP contribution is 2.22. The topological polar surface area (TPSA) is 46.9 Å². The lowest BCUT2D eigenvalue weighted by molar-refractivity contribution is -0.377. The van der Waals surface area contributed by atoms with Crippen LogP contribution in [0.4, 0.5) is 5.69 Å². The number of amides is 1. The summed E-state index contributed by atoms with van der Waals surface area (Å²) in [5.74, 6) is 0.878. The normalized spacial score (nSPS) is 14.6. The van der Waals surface area contributed by atoms with Gasteiger partial charge in [-0.05, 0) is 25.0 Å². The van der Waals surface area contributed by atoms with Gasteiger partial charge < -0.3 is 14.5 Å². The van der Waals surface area contributed by atoms with Crippen molar-refractivity contribution in [1.29, 1.82) is 0 Å². The molecule has 0 saturated carbocycles. The summed E-state index contributed by atoms with van der Waals surface area (Å²) in [6, 6.07) is 10.1. The average Bonchev–Trinajstić information content (AvgIpc) is 2.62. The Morgan fingerprint density at radius 2 is 1.67 bits per heavy atom. The molecule has 5 nitrogen and oxygen atoms in total. The Bertz CT molecular complexity index is 675. The van der Waals surface area contributed by atoms with E-state index in [9.17, 15) is 4.79 Å². The van der Waals surface area contributed by atoms with E-state index in [-0.39, 0.29) is 12.5 Å². The fourth-order valence-electron chi connectivity index (χ4n) is 3.05. The van der Waals surface area contributed by atoms with E-state index in [1.807, 2.05) is 49.3 Å².